The predicted molar refractivity (Wildman–Crippen MR) is 129 cm³/mol. The lowest BCUT2D eigenvalue weighted by Crippen LogP contribution is -2.15. The first-order valence-electron chi connectivity index (χ1n) is 11.9. The SMILES string of the molecule is Cc1ccc(C2CC=C(COC(=O)OCC3=CCC(c4ccc(C)cc4)CC3)CC2)cc1. The van der Waals surface area contributed by atoms with E-state index < -0.39 is 6.16 Å². The molecule has 0 heterocycles. The first-order chi connectivity index (χ1) is 15.6. The minimum atomic E-state index is -0.562. The molecule has 0 radical (unpaired) electrons. The standard InChI is InChI=1S/C29H34O3/c1-21-3-11-25(12-4-21)27-15-7-23(8-16-27)19-31-29(30)32-20-24-9-17-28(18-10-24)26-13-5-22(2)6-14-26/h3-7,9,11-14,27-28H,8,10,15-20H2,1-2H3. The van der Waals surface area contributed by atoms with Crippen molar-refractivity contribution < 1.29 is 14.3 Å². The van der Waals surface area contributed by atoms with Gasteiger partial charge in [0.1, 0.15) is 13.2 Å². The summed E-state index contributed by atoms with van der Waals surface area (Å²) in [4.78, 5) is 12.1. The second kappa shape index (κ2) is 10.7. The minimum absolute atomic E-state index is 0.341. The van der Waals surface area contributed by atoms with Gasteiger partial charge < -0.3 is 9.47 Å². The van der Waals surface area contributed by atoms with E-state index in [1.54, 1.807) is 0 Å². The fraction of sp³-hybridized carbons (Fsp3) is 0.414. The molecule has 2 aliphatic rings. The predicted octanol–water partition coefficient (Wildman–Crippen LogP) is 7.54. The topological polar surface area (TPSA) is 35.5 Å². The zero-order valence-corrected chi connectivity index (χ0v) is 19.3. The number of hydrogen-bond donors (Lipinski definition) is 0. The summed E-state index contributed by atoms with van der Waals surface area (Å²) in [5.41, 5.74) is 7.78. The Bertz CT molecular complexity index is 887. The molecule has 0 fully saturated rings. The van der Waals surface area contributed by atoms with E-state index >= 15 is 0 Å². The van der Waals surface area contributed by atoms with Crippen LogP contribution in [0.1, 0.15) is 72.6 Å². The molecule has 2 atom stereocenters. The molecule has 3 nitrogen and oxygen atoms in total. The Hall–Kier alpha value is -2.81. The number of aryl methyl sites for hydroxylation is 2. The monoisotopic (exact) mass is 430 g/mol. The number of ether oxygens (including phenoxy) is 2. The van der Waals surface area contributed by atoms with Crippen molar-refractivity contribution in [3.8, 4) is 0 Å². The Morgan fingerprint density at radius 3 is 1.47 bits per heavy atom. The van der Waals surface area contributed by atoms with E-state index in [1.165, 1.54) is 33.4 Å². The summed E-state index contributed by atoms with van der Waals surface area (Å²) in [5.74, 6) is 1.13. The van der Waals surface area contributed by atoms with Gasteiger partial charge in [0.15, 0.2) is 0 Å². The van der Waals surface area contributed by atoms with Crippen molar-refractivity contribution in [1.29, 1.82) is 0 Å². The van der Waals surface area contributed by atoms with Crippen LogP contribution in [0.15, 0.2) is 71.8 Å². The third-order valence-corrected chi connectivity index (χ3v) is 6.86. The van der Waals surface area contributed by atoms with Gasteiger partial charge in [0, 0.05) is 0 Å². The van der Waals surface area contributed by atoms with Crippen molar-refractivity contribution in [2.24, 2.45) is 0 Å². The number of allylic oxidation sites excluding steroid dienone is 2. The Balaban J connectivity index is 1.16. The largest absolute Gasteiger partial charge is 0.508 e. The summed E-state index contributed by atoms with van der Waals surface area (Å²) in [6.07, 6.45) is 10.1. The van der Waals surface area contributed by atoms with Crippen LogP contribution in [-0.2, 0) is 9.47 Å². The molecule has 0 bridgehead atoms. The molecule has 2 aromatic rings. The molecule has 32 heavy (non-hydrogen) atoms. The third-order valence-electron chi connectivity index (χ3n) is 6.86. The molecule has 2 aromatic carbocycles. The zero-order valence-electron chi connectivity index (χ0n) is 19.3. The summed E-state index contributed by atoms with van der Waals surface area (Å²) in [6, 6.07) is 17.6. The van der Waals surface area contributed by atoms with Gasteiger partial charge in [-0.1, -0.05) is 71.8 Å². The molecule has 168 valence electrons. The van der Waals surface area contributed by atoms with Gasteiger partial charge in [0.2, 0.25) is 0 Å². The molecular formula is C29H34O3. The molecule has 0 saturated heterocycles. The summed E-state index contributed by atoms with van der Waals surface area (Å²) in [5, 5.41) is 0. The Kier molecular flexibility index (Phi) is 7.47. The van der Waals surface area contributed by atoms with Crippen LogP contribution >= 0.6 is 0 Å². The van der Waals surface area contributed by atoms with Crippen molar-refractivity contribution in [1.82, 2.24) is 0 Å². The van der Waals surface area contributed by atoms with E-state index in [1.807, 2.05) is 0 Å². The van der Waals surface area contributed by atoms with Gasteiger partial charge in [-0.15, -0.1) is 0 Å². The Morgan fingerprint density at radius 2 is 1.12 bits per heavy atom. The maximum absolute atomic E-state index is 12.1. The van der Waals surface area contributed by atoms with Crippen LogP contribution in [0.5, 0.6) is 0 Å². The molecule has 2 unspecified atom stereocenters. The number of carbonyl (C=O) groups is 1. The Morgan fingerprint density at radius 1 is 0.719 bits per heavy atom. The van der Waals surface area contributed by atoms with Gasteiger partial charge in [-0.05, 0) is 86.5 Å². The van der Waals surface area contributed by atoms with Crippen LogP contribution < -0.4 is 0 Å². The maximum Gasteiger partial charge on any atom is 0.508 e. The van der Waals surface area contributed by atoms with Crippen LogP contribution in [-0.4, -0.2) is 19.4 Å². The highest BCUT2D eigenvalue weighted by atomic mass is 16.7. The lowest BCUT2D eigenvalue weighted by molar-refractivity contribution is 0.0665. The molecule has 0 amide bonds. The molecule has 0 spiro atoms. The summed E-state index contributed by atoms with van der Waals surface area (Å²) in [7, 11) is 0. The minimum Gasteiger partial charge on any atom is -0.430 e. The lowest BCUT2D eigenvalue weighted by atomic mass is 9.84. The molecule has 0 aromatic heterocycles. The van der Waals surface area contributed by atoms with Crippen molar-refractivity contribution in [2.45, 2.75) is 64.2 Å². The molecule has 4 rings (SSSR count). The van der Waals surface area contributed by atoms with Gasteiger partial charge in [0.05, 0.1) is 0 Å². The second-order valence-corrected chi connectivity index (χ2v) is 9.32. The Labute approximate surface area is 192 Å². The quantitative estimate of drug-likeness (QED) is 0.351. The molecular weight excluding hydrogens is 396 g/mol. The van der Waals surface area contributed by atoms with E-state index in [4.69, 9.17) is 9.47 Å². The van der Waals surface area contributed by atoms with Gasteiger partial charge in [-0.3, -0.25) is 0 Å². The van der Waals surface area contributed by atoms with Crippen LogP contribution in [0.2, 0.25) is 0 Å². The average Bonchev–Trinajstić information content (AvgIpc) is 2.83. The number of benzene rings is 2. The van der Waals surface area contributed by atoms with Crippen LogP contribution in [0.3, 0.4) is 0 Å². The van der Waals surface area contributed by atoms with Gasteiger partial charge in [-0.25, -0.2) is 4.79 Å². The average molecular weight is 431 g/mol. The number of carbonyl (C=O) groups excluding carboxylic acids is 1. The number of rotatable bonds is 6. The number of hydrogen-bond acceptors (Lipinski definition) is 3. The van der Waals surface area contributed by atoms with Crippen LogP contribution in [0, 0.1) is 13.8 Å². The molecule has 0 aliphatic heterocycles. The van der Waals surface area contributed by atoms with Gasteiger partial charge >= 0.3 is 6.16 Å². The van der Waals surface area contributed by atoms with Gasteiger partial charge in [-0.2, -0.15) is 0 Å². The first-order valence-corrected chi connectivity index (χ1v) is 11.9. The summed E-state index contributed by atoms with van der Waals surface area (Å²) < 4.78 is 10.7. The molecule has 0 N–H and O–H groups in total. The normalized spacial score (nSPS) is 20.8. The van der Waals surface area contributed by atoms with Crippen LogP contribution in [0.25, 0.3) is 0 Å². The van der Waals surface area contributed by atoms with Crippen molar-refractivity contribution in [3.05, 3.63) is 94.1 Å². The highest BCUT2D eigenvalue weighted by molar-refractivity contribution is 5.60. The van der Waals surface area contributed by atoms with E-state index in [0.29, 0.717) is 25.0 Å². The summed E-state index contributed by atoms with van der Waals surface area (Å²) >= 11 is 0. The molecule has 2 aliphatic carbocycles. The highest BCUT2D eigenvalue weighted by Crippen LogP contribution is 2.33. The second-order valence-electron chi connectivity index (χ2n) is 9.32. The van der Waals surface area contributed by atoms with Crippen molar-refractivity contribution >= 4 is 6.16 Å². The van der Waals surface area contributed by atoms with E-state index in [0.717, 1.165) is 38.5 Å². The van der Waals surface area contributed by atoms with Crippen molar-refractivity contribution in [3.63, 3.8) is 0 Å². The third kappa shape index (κ3) is 6.12. The summed E-state index contributed by atoms with van der Waals surface area (Å²) in [6.45, 7) is 4.92. The van der Waals surface area contributed by atoms with E-state index in [9.17, 15) is 4.79 Å². The molecule has 0 saturated carbocycles. The van der Waals surface area contributed by atoms with Crippen LogP contribution in [0.4, 0.5) is 4.79 Å². The van der Waals surface area contributed by atoms with E-state index in [2.05, 4.69) is 74.5 Å². The fourth-order valence-corrected chi connectivity index (χ4v) is 4.67. The van der Waals surface area contributed by atoms with E-state index in [-0.39, 0.29) is 0 Å². The molecule has 3 heteroatoms. The zero-order chi connectivity index (χ0) is 22.3. The first kappa shape index (κ1) is 22.4. The van der Waals surface area contributed by atoms with Gasteiger partial charge in [0.25, 0.3) is 0 Å². The van der Waals surface area contributed by atoms with Crippen molar-refractivity contribution in [2.75, 3.05) is 13.2 Å². The lowest BCUT2D eigenvalue weighted by Gasteiger charge is -2.23. The fourth-order valence-electron chi connectivity index (χ4n) is 4.67. The highest BCUT2D eigenvalue weighted by Gasteiger charge is 2.19. The maximum atomic E-state index is 12.1. The smallest absolute Gasteiger partial charge is 0.430 e.